The molecule has 1 saturated heterocycles. The topological polar surface area (TPSA) is 86.8 Å². The molecule has 1 amide bonds. The Morgan fingerprint density at radius 2 is 2.44 bits per heavy atom. The highest BCUT2D eigenvalue weighted by Crippen LogP contribution is 2.29. The number of rotatable bonds is 4. The molecule has 1 atom stereocenters. The first-order valence-electron chi connectivity index (χ1n) is 6.37. The number of amides is 1. The van der Waals surface area contributed by atoms with Crippen LogP contribution in [0, 0.1) is 5.41 Å². The minimum Gasteiger partial charge on any atom is -0.348 e. The lowest BCUT2D eigenvalue weighted by atomic mass is 9.81. The molecule has 1 aliphatic rings. The molecule has 0 spiro atoms. The highest BCUT2D eigenvalue weighted by Gasteiger charge is 2.37. The lowest BCUT2D eigenvalue weighted by molar-refractivity contribution is -0.133. The summed E-state index contributed by atoms with van der Waals surface area (Å²) in [6, 6.07) is 0. The highest BCUT2D eigenvalue weighted by atomic mass is 16.2. The maximum Gasteiger partial charge on any atom is 0.227 e. The van der Waals surface area contributed by atoms with Crippen molar-refractivity contribution in [2.45, 2.75) is 33.2 Å². The van der Waals surface area contributed by atoms with Gasteiger partial charge in [-0.3, -0.25) is 4.79 Å². The van der Waals surface area contributed by atoms with Crippen molar-refractivity contribution in [2.24, 2.45) is 5.41 Å². The van der Waals surface area contributed by atoms with Gasteiger partial charge in [0, 0.05) is 6.54 Å². The van der Waals surface area contributed by atoms with Gasteiger partial charge in [-0.2, -0.15) is 5.21 Å². The number of aromatic amines is 1. The van der Waals surface area contributed by atoms with Crippen LogP contribution in [0.5, 0.6) is 0 Å². The molecule has 18 heavy (non-hydrogen) atoms. The molecule has 1 fully saturated rings. The standard InChI is InChI=1S/C11H20N6O/c1-3-17-6-4-5-11(2,8-17)10(18)12-7-9-13-15-16-14-9/h3-8H2,1-2H3,(H,12,18)(H,13,14,15,16)/t11-/m1/s1. The van der Waals surface area contributed by atoms with E-state index in [-0.39, 0.29) is 11.3 Å². The van der Waals surface area contributed by atoms with E-state index in [1.54, 1.807) is 0 Å². The Kier molecular flexibility index (Phi) is 3.90. The Morgan fingerprint density at radius 1 is 1.61 bits per heavy atom. The summed E-state index contributed by atoms with van der Waals surface area (Å²) in [6.45, 7) is 7.39. The highest BCUT2D eigenvalue weighted by molar-refractivity contribution is 5.82. The van der Waals surface area contributed by atoms with Crippen molar-refractivity contribution in [3.63, 3.8) is 0 Å². The fraction of sp³-hybridized carbons (Fsp3) is 0.818. The summed E-state index contributed by atoms with van der Waals surface area (Å²) in [5.74, 6) is 0.584. The smallest absolute Gasteiger partial charge is 0.227 e. The Hall–Kier alpha value is -1.50. The van der Waals surface area contributed by atoms with Gasteiger partial charge in [0.05, 0.1) is 12.0 Å². The molecule has 2 N–H and O–H groups in total. The molecule has 0 unspecified atom stereocenters. The summed E-state index contributed by atoms with van der Waals surface area (Å²) in [6.07, 6.45) is 2.00. The molecule has 1 aliphatic heterocycles. The zero-order valence-electron chi connectivity index (χ0n) is 10.9. The van der Waals surface area contributed by atoms with E-state index in [1.165, 1.54) is 0 Å². The number of carbonyl (C=O) groups is 1. The van der Waals surface area contributed by atoms with Crippen LogP contribution in [-0.4, -0.2) is 51.1 Å². The number of piperidine rings is 1. The fourth-order valence-corrected chi connectivity index (χ4v) is 2.43. The van der Waals surface area contributed by atoms with Crippen molar-refractivity contribution in [3.8, 4) is 0 Å². The summed E-state index contributed by atoms with van der Waals surface area (Å²) in [5.41, 5.74) is -0.308. The molecular formula is C11H20N6O. The third kappa shape index (κ3) is 2.84. The monoisotopic (exact) mass is 252 g/mol. The van der Waals surface area contributed by atoms with E-state index in [0.29, 0.717) is 12.4 Å². The van der Waals surface area contributed by atoms with Crippen LogP contribution < -0.4 is 5.32 Å². The molecule has 1 aromatic heterocycles. The number of tetrazole rings is 1. The molecule has 0 saturated carbocycles. The first kappa shape index (κ1) is 12.9. The van der Waals surface area contributed by atoms with E-state index < -0.39 is 0 Å². The number of carbonyl (C=O) groups excluding carboxylic acids is 1. The van der Waals surface area contributed by atoms with Crippen molar-refractivity contribution in [3.05, 3.63) is 5.82 Å². The number of likely N-dealkylation sites (tertiary alicyclic amines) is 1. The lowest BCUT2D eigenvalue weighted by Crippen LogP contribution is -2.50. The molecular weight excluding hydrogens is 232 g/mol. The van der Waals surface area contributed by atoms with Crippen LogP contribution in [0.4, 0.5) is 0 Å². The normalized spacial score (nSPS) is 25.0. The minimum atomic E-state index is -0.308. The van der Waals surface area contributed by atoms with Crippen molar-refractivity contribution in [2.75, 3.05) is 19.6 Å². The maximum absolute atomic E-state index is 12.3. The van der Waals surface area contributed by atoms with E-state index in [4.69, 9.17) is 0 Å². The summed E-state index contributed by atoms with van der Waals surface area (Å²) >= 11 is 0. The van der Waals surface area contributed by atoms with Crippen molar-refractivity contribution in [1.29, 1.82) is 0 Å². The van der Waals surface area contributed by atoms with Gasteiger partial charge in [0.25, 0.3) is 0 Å². The second-order valence-corrected chi connectivity index (χ2v) is 5.04. The minimum absolute atomic E-state index is 0.0745. The molecule has 100 valence electrons. The van der Waals surface area contributed by atoms with E-state index >= 15 is 0 Å². The predicted molar refractivity (Wildman–Crippen MR) is 65.5 cm³/mol. The van der Waals surface area contributed by atoms with Crippen LogP contribution in [0.1, 0.15) is 32.5 Å². The summed E-state index contributed by atoms with van der Waals surface area (Å²) in [5, 5.41) is 16.3. The fourth-order valence-electron chi connectivity index (χ4n) is 2.43. The lowest BCUT2D eigenvalue weighted by Gasteiger charge is -2.38. The zero-order valence-corrected chi connectivity index (χ0v) is 10.9. The van der Waals surface area contributed by atoms with Crippen molar-refractivity contribution >= 4 is 5.91 Å². The molecule has 2 rings (SSSR count). The second kappa shape index (κ2) is 5.43. The van der Waals surface area contributed by atoms with Crippen LogP contribution in [0.25, 0.3) is 0 Å². The van der Waals surface area contributed by atoms with Gasteiger partial charge in [-0.1, -0.05) is 12.1 Å². The Balaban J connectivity index is 1.90. The molecule has 0 radical (unpaired) electrons. The van der Waals surface area contributed by atoms with Crippen molar-refractivity contribution in [1.82, 2.24) is 30.8 Å². The Morgan fingerprint density at radius 3 is 3.11 bits per heavy atom. The number of aromatic nitrogens is 4. The summed E-state index contributed by atoms with van der Waals surface area (Å²) in [7, 11) is 0. The van der Waals surface area contributed by atoms with Gasteiger partial charge in [-0.05, 0) is 32.9 Å². The number of hydrogen-bond donors (Lipinski definition) is 2. The molecule has 2 heterocycles. The van der Waals surface area contributed by atoms with Crippen LogP contribution >= 0.6 is 0 Å². The van der Waals surface area contributed by atoms with E-state index in [2.05, 4.69) is 37.8 Å². The number of H-pyrrole nitrogens is 1. The van der Waals surface area contributed by atoms with Gasteiger partial charge in [-0.15, -0.1) is 10.2 Å². The van der Waals surface area contributed by atoms with Crippen molar-refractivity contribution < 1.29 is 4.79 Å². The van der Waals surface area contributed by atoms with Crippen LogP contribution in [0.15, 0.2) is 0 Å². The first-order valence-corrected chi connectivity index (χ1v) is 6.37. The average Bonchev–Trinajstić information content (AvgIpc) is 2.89. The van der Waals surface area contributed by atoms with E-state index in [0.717, 1.165) is 32.5 Å². The molecule has 7 heteroatoms. The Bertz CT molecular complexity index is 392. The van der Waals surface area contributed by atoms with Gasteiger partial charge in [0.1, 0.15) is 0 Å². The van der Waals surface area contributed by atoms with Crippen LogP contribution in [0.2, 0.25) is 0 Å². The van der Waals surface area contributed by atoms with Gasteiger partial charge < -0.3 is 10.2 Å². The van der Waals surface area contributed by atoms with Gasteiger partial charge in [-0.25, -0.2) is 0 Å². The van der Waals surface area contributed by atoms with E-state index in [1.807, 2.05) is 6.92 Å². The summed E-state index contributed by atoms with van der Waals surface area (Å²) in [4.78, 5) is 14.6. The maximum atomic E-state index is 12.3. The molecule has 1 aromatic rings. The van der Waals surface area contributed by atoms with Gasteiger partial charge in [0.2, 0.25) is 5.91 Å². The number of nitrogens with zero attached hydrogens (tertiary/aromatic N) is 4. The molecule has 0 aliphatic carbocycles. The quantitative estimate of drug-likeness (QED) is 0.784. The predicted octanol–water partition coefficient (Wildman–Crippen LogP) is -0.0621. The molecule has 7 nitrogen and oxygen atoms in total. The first-order chi connectivity index (χ1) is 8.64. The largest absolute Gasteiger partial charge is 0.348 e. The number of hydrogen-bond acceptors (Lipinski definition) is 5. The van der Waals surface area contributed by atoms with E-state index in [9.17, 15) is 4.79 Å². The zero-order chi connectivity index (χ0) is 13.0. The van der Waals surface area contributed by atoms with Crippen LogP contribution in [0.3, 0.4) is 0 Å². The second-order valence-electron chi connectivity index (χ2n) is 5.04. The molecule has 0 bridgehead atoms. The molecule has 0 aromatic carbocycles. The SMILES string of the molecule is CCN1CCC[C@@](C)(C(=O)NCc2nn[nH]n2)C1. The van der Waals surface area contributed by atoms with Crippen LogP contribution in [-0.2, 0) is 11.3 Å². The number of nitrogens with one attached hydrogen (secondary N) is 2. The average molecular weight is 252 g/mol. The third-order valence-electron chi connectivity index (χ3n) is 3.57. The third-order valence-corrected chi connectivity index (χ3v) is 3.57. The Labute approximate surface area is 106 Å². The summed E-state index contributed by atoms with van der Waals surface area (Å²) < 4.78 is 0. The van der Waals surface area contributed by atoms with Gasteiger partial charge >= 0.3 is 0 Å². The van der Waals surface area contributed by atoms with Gasteiger partial charge in [0.15, 0.2) is 5.82 Å².